The number of pyridine rings is 1. The fourth-order valence-corrected chi connectivity index (χ4v) is 3.33. The Labute approximate surface area is 118 Å². The van der Waals surface area contributed by atoms with Crippen molar-refractivity contribution in [2.45, 2.75) is 12.8 Å². The van der Waals surface area contributed by atoms with Crippen molar-refractivity contribution in [3.63, 3.8) is 0 Å². The summed E-state index contributed by atoms with van der Waals surface area (Å²) in [5, 5.41) is 0. The van der Waals surface area contributed by atoms with Crippen molar-refractivity contribution in [1.82, 2.24) is 9.97 Å². The molecule has 0 spiro atoms. The highest BCUT2D eigenvalue weighted by Gasteiger charge is 2.13. The van der Waals surface area contributed by atoms with Gasteiger partial charge in [0.2, 0.25) is 0 Å². The maximum atomic E-state index is 4.55. The van der Waals surface area contributed by atoms with Gasteiger partial charge in [-0.3, -0.25) is 4.98 Å². The van der Waals surface area contributed by atoms with Gasteiger partial charge in [0.15, 0.2) is 3.92 Å². The predicted octanol–water partition coefficient (Wildman–Crippen LogP) is 4.70. The number of rotatable bonds is 2. The molecule has 0 radical (unpaired) electrons. The van der Waals surface area contributed by atoms with Crippen LogP contribution < -0.4 is 0 Å². The molecule has 2 nitrogen and oxygen atoms in total. The van der Waals surface area contributed by atoms with Crippen LogP contribution in [-0.2, 0) is 0 Å². The van der Waals surface area contributed by atoms with E-state index in [1.807, 2.05) is 18.5 Å². The van der Waals surface area contributed by atoms with E-state index in [0.29, 0.717) is 0 Å². The van der Waals surface area contributed by atoms with Crippen LogP contribution in [0.4, 0.5) is 0 Å². The van der Waals surface area contributed by atoms with Crippen LogP contribution in [0.15, 0.2) is 46.7 Å². The molecule has 0 fully saturated rings. The Morgan fingerprint density at radius 1 is 1.28 bits per heavy atom. The zero-order valence-corrected chi connectivity index (χ0v) is 12.0. The molecular formula is C14H11BrN2S. The fraction of sp³-hybridized carbons (Fsp3) is 0.143. The molecule has 90 valence electrons. The highest BCUT2D eigenvalue weighted by atomic mass is 79.9. The normalized spacial score (nSPS) is 14.6. The average Bonchev–Trinajstić information content (AvgIpc) is 2.86. The third kappa shape index (κ3) is 2.31. The summed E-state index contributed by atoms with van der Waals surface area (Å²) in [5.41, 5.74) is 3.55. The van der Waals surface area contributed by atoms with E-state index < -0.39 is 0 Å². The summed E-state index contributed by atoms with van der Waals surface area (Å²) in [5.74, 6) is 0. The maximum absolute atomic E-state index is 4.55. The first kappa shape index (κ1) is 11.8. The van der Waals surface area contributed by atoms with E-state index in [-0.39, 0.29) is 0 Å². The summed E-state index contributed by atoms with van der Waals surface area (Å²) in [6.07, 6.45) is 12.4. The zero-order chi connectivity index (χ0) is 12.4. The lowest BCUT2D eigenvalue weighted by molar-refractivity contribution is 1.04. The molecule has 1 aliphatic carbocycles. The molecule has 0 aromatic carbocycles. The van der Waals surface area contributed by atoms with Gasteiger partial charge in [0, 0.05) is 18.0 Å². The Morgan fingerprint density at radius 2 is 2.22 bits per heavy atom. The monoisotopic (exact) mass is 318 g/mol. The second-order valence-corrected chi connectivity index (χ2v) is 6.34. The summed E-state index contributed by atoms with van der Waals surface area (Å²) in [7, 11) is 0. The van der Waals surface area contributed by atoms with Crippen molar-refractivity contribution in [2.75, 3.05) is 0 Å². The number of allylic oxidation sites excluding steroid dienone is 4. The van der Waals surface area contributed by atoms with E-state index in [1.165, 1.54) is 11.1 Å². The van der Waals surface area contributed by atoms with E-state index >= 15 is 0 Å². The molecule has 2 aromatic rings. The molecule has 18 heavy (non-hydrogen) atoms. The van der Waals surface area contributed by atoms with Gasteiger partial charge in [-0.25, -0.2) is 4.98 Å². The summed E-state index contributed by atoms with van der Waals surface area (Å²) in [4.78, 5) is 9.96. The van der Waals surface area contributed by atoms with Crippen molar-refractivity contribution in [2.24, 2.45) is 0 Å². The standard InChI is InChI=1S/C14H11BrN2S/c15-14-17-9-12(18-14)11-7-4-8-16-13(11)10-5-2-1-3-6-10/h1-2,4-5,7-9H,3,6H2. The van der Waals surface area contributed by atoms with Gasteiger partial charge in [-0.05, 0) is 46.5 Å². The van der Waals surface area contributed by atoms with E-state index in [4.69, 9.17) is 0 Å². The van der Waals surface area contributed by atoms with Crippen LogP contribution >= 0.6 is 27.3 Å². The number of aromatic nitrogens is 2. The van der Waals surface area contributed by atoms with Gasteiger partial charge in [-0.1, -0.05) is 18.2 Å². The third-order valence-corrected chi connectivity index (χ3v) is 4.38. The molecular weight excluding hydrogens is 308 g/mol. The maximum Gasteiger partial charge on any atom is 0.159 e. The first-order valence-corrected chi connectivity index (χ1v) is 7.38. The minimum absolute atomic E-state index is 0.907. The number of hydrogen-bond acceptors (Lipinski definition) is 3. The largest absolute Gasteiger partial charge is 0.256 e. The number of halogens is 1. The van der Waals surface area contributed by atoms with Gasteiger partial charge in [0.1, 0.15) is 0 Å². The lowest BCUT2D eigenvalue weighted by Gasteiger charge is -2.11. The minimum Gasteiger partial charge on any atom is -0.256 e. The van der Waals surface area contributed by atoms with Crippen molar-refractivity contribution in [3.05, 3.63) is 52.4 Å². The number of thiazole rings is 1. The van der Waals surface area contributed by atoms with E-state index in [1.54, 1.807) is 11.3 Å². The molecule has 0 amide bonds. The predicted molar refractivity (Wildman–Crippen MR) is 79.4 cm³/mol. The first-order valence-electron chi connectivity index (χ1n) is 5.77. The van der Waals surface area contributed by atoms with Gasteiger partial charge >= 0.3 is 0 Å². The van der Waals surface area contributed by atoms with Crippen molar-refractivity contribution in [1.29, 1.82) is 0 Å². The Balaban J connectivity index is 2.10. The molecule has 4 heteroatoms. The van der Waals surface area contributed by atoms with E-state index in [9.17, 15) is 0 Å². The summed E-state index contributed by atoms with van der Waals surface area (Å²) < 4.78 is 0.907. The molecule has 0 atom stereocenters. The molecule has 0 saturated carbocycles. The van der Waals surface area contributed by atoms with Gasteiger partial charge in [0.05, 0.1) is 10.6 Å². The second kappa shape index (κ2) is 5.16. The van der Waals surface area contributed by atoms with Crippen LogP contribution in [0.25, 0.3) is 16.0 Å². The average molecular weight is 319 g/mol. The molecule has 0 saturated heterocycles. The lowest BCUT2D eigenvalue weighted by atomic mass is 9.98. The topological polar surface area (TPSA) is 25.8 Å². The van der Waals surface area contributed by atoms with Crippen molar-refractivity contribution in [3.8, 4) is 10.4 Å². The molecule has 3 rings (SSSR count). The Bertz CT molecular complexity index is 628. The highest BCUT2D eigenvalue weighted by Crippen LogP contribution is 2.35. The highest BCUT2D eigenvalue weighted by molar-refractivity contribution is 9.11. The van der Waals surface area contributed by atoms with Crippen LogP contribution in [0.1, 0.15) is 18.5 Å². The van der Waals surface area contributed by atoms with E-state index in [0.717, 1.165) is 27.3 Å². The minimum atomic E-state index is 0.907. The first-order chi connectivity index (χ1) is 8.84. The van der Waals surface area contributed by atoms with Gasteiger partial charge < -0.3 is 0 Å². The Morgan fingerprint density at radius 3 is 2.94 bits per heavy atom. The molecule has 2 heterocycles. The van der Waals surface area contributed by atoms with Crippen LogP contribution in [0.2, 0.25) is 0 Å². The van der Waals surface area contributed by atoms with Crippen LogP contribution in [0.3, 0.4) is 0 Å². The van der Waals surface area contributed by atoms with Crippen molar-refractivity contribution >= 4 is 32.8 Å². The molecule has 0 aliphatic heterocycles. The van der Waals surface area contributed by atoms with Crippen LogP contribution in [-0.4, -0.2) is 9.97 Å². The van der Waals surface area contributed by atoms with Gasteiger partial charge in [-0.2, -0.15) is 0 Å². The molecule has 0 N–H and O–H groups in total. The number of nitrogens with zero attached hydrogens (tertiary/aromatic N) is 2. The van der Waals surface area contributed by atoms with E-state index in [2.05, 4.69) is 50.2 Å². The summed E-state index contributed by atoms with van der Waals surface area (Å²) in [6, 6.07) is 4.09. The molecule has 2 aromatic heterocycles. The van der Waals surface area contributed by atoms with Crippen molar-refractivity contribution < 1.29 is 0 Å². The van der Waals surface area contributed by atoms with Gasteiger partial charge in [-0.15, -0.1) is 11.3 Å². The van der Waals surface area contributed by atoms with Crippen LogP contribution in [0.5, 0.6) is 0 Å². The van der Waals surface area contributed by atoms with Gasteiger partial charge in [0.25, 0.3) is 0 Å². The SMILES string of the molecule is Brc1ncc(-c2cccnc2C2=CC=CCC2)s1. The third-order valence-electron chi connectivity index (χ3n) is 2.87. The summed E-state index contributed by atoms with van der Waals surface area (Å²) in [6.45, 7) is 0. The molecule has 0 bridgehead atoms. The molecule has 1 aliphatic rings. The molecule has 0 unspecified atom stereocenters. The summed E-state index contributed by atoms with van der Waals surface area (Å²) >= 11 is 5.05. The van der Waals surface area contributed by atoms with Crippen LogP contribution in [0, 0.1) is 0 Å². The quantitative estimate of drug-likeness (QED) is 0.802. The number of hydrogen-bond donors (Lipinski definition) is 0. The zero-order valence-electron chi connectivity index (χ0n) is 9.64. The fourth-order valence-electron chi connectivity index (χ4n) is 2.04. The lowest BCUT2D eigenvalue weighted by Crippen LogP contribution is -1.94. The smallest absolute Gasteiger partial charge is 0.159 e. The second-order valence-electron chi connectivity index (χ2n) is 4.04. The Kier molecular flexibility index (Phi) is 3.39. The Hall–Kier alpha value is -1.26.